The highest BCUT2D eigenvalue weighted by molar-refractivity contribution is 6.31. The first-order valence-corrected chi connectivity index (χ1v) is 6.46. The fourth-order valence-corrected chi connectivity index (χ4v) is 2.13. The molecular weight excluding hydrogens is 266 g/mol. The van der Waals surface area contributed by atoms with Crippen molar-refractivity contribution in [2.24, 2.45) is 0 Å². The number of nitrogens with zero attached hydrogens (tertiary/aromatic N) is 3. The van der Waals surface area contributed by atoms with Gasteiger partial charge in [0, 0.05) is 12.1 Å². The van der Waals surface area contributed by atoms with E-state index in [1.807, 2.05) is 25.9 Å². The molecule has 2 rings (SSSR count). The predicted octanol–water partition coefficient (Wildman–Crippen LogP) is 2.08. The quantitative estimate of drug-likeness (QED) is 0.913. The van der Waals surface area contributed by atoms with Crippen LogP contribution in [0.15, 0.2) is 22.9 Å². The minimum absolute atomic E-state index is 0.463. The first kappa shape index (κ1) is 14.1. The molecule has 0 aliphatic rings. The van der Waals surface area contributed by atoms with Gasteiger partial charge in [-0.2, -0.15) is 5.10 Å². The van der Waals surface area contributed by atoms with Crippen molar-refractivity contribution >= 4 is 11.6 Å². The lowest BCUT2D eigenvalue weighted by molar-refractivity contribution is 0.205. The molecule has 5 nitrogen and oxygen atoms in total. The van der Waals surface area contributed by atoms with E-state index in [9.17, 15) is 5.11 Å². The Balaban J connectivity index is 2.25. The Morgan fingerprint density at radius 2 is 2.26 bits per heavy atom. The topological polar surface area (TPSA) is 54.4 Å². The molecular formula is C13H18ClN3O2. The maximum absolute atomic E-state index is 10.4. The lowest BCUT2D eigenvalue weighted by Gasteiger charge is -2.15. The molecule has 2 aromatic heterocycles. The molecule has 6 heteroatoms. The summed E-state index contributed by atoms with van der Waals surface area (Å²) in [6.45, 7) is 3.33. The molecule has 0 aromatic carbocycles. The van der Waals surface area contributed by atoms with Crippen molar-refractivity contribution in [3.05, 3.63) is 40.6 Å². The first-order chi connectivity index (χ1) is 8.99. The molecule has 0 amide bonds. The Bertz CT molecular complexity index is 548. The number of rotatable bonds is 5. The maximum atomic E-state index is 10.4. The van der Waals surface area contributed by atoms with Crippen LogP contribution < -0.4 is 0 Å². The van der Waals surface area contributed by atoms with E-state index in [-0.39, 0.29) is 0 Å². The van der Waals surface area contributed by atoms with Crippen LogP contribution in [-0.2, 0) is 6.54 Å². The van der Waals surface area contributed by atoms with Crippen molar-refractivity contribution in [1.29, 1.82) is 0 Å². The van der Waals surface area contributed by atoms with E-state index in [2.05, 4.69) is 5.10 Å². The third-order valence-corrected chi connectivity index (χ3v) is 3.21. The average molecular weight is 284 g/mol. The third kappa shape index (κ3) is 3.18. The number of hydrogen-bond donors (Lipinski definition) is 1. The number of aryl methyl sites for hydroxylation is 1. The smallest absolute Gasteiger partial charge is 0.125 e. The van der Waals surface area contributed by atoms with E-state index in [1.165, 1.54) is 0 Å². The van der Waals surface area contributed by atoms with Gasteiger partial charge in [-0.05, 0) is 27.1 Å². The van der Waals surface area contributed by atoms with E-state index in [0.717, 1.165) is 12.3 Å². The lowest BCUT2D eigenvalue weighted by atomic mass is 10.1. The van der Waals surface area contributed by atoms with Crippen LogP contribution in [0.2, 0.25) is 5.02 Å². The van der Waals surface area contributed by atoms with Crippen LogP contribution >= 0.6 is 11.6 Å². The lowest BCUT2D eigenvalue weighted by Crippen LogP contribution is -2.21. The van der Waals surface area contributed by atoms with Crippen LogP contribution in [-0.4, -0.2) is 40.4 Å². The van der Waals surface area contributed by atoms with Crippen LogP contribution in [0.4, 0.5) is 0 Å². The summed E-state index contributed by atoms with van der Waals surface area (Å²) in [6.07, 6.45) is 2.28. The molecule has 104 valence electrons. The van der Waals surface area contributed by atoms with Crippen molar-refractivity contribution in [2.45, 2.75) is 19.6 Å². The summed E-state index contributed by atoms with van der Waals surface area (Å²) in [5, 5.41) is 15.1. The number of aliphatic hydroxyl groups is 1. The number of hydrogen-bond acceptors (Lipinski definition) is 4. The predicted molar refractivity (Wildman–Crippen MR) is 73.3 cm³/mol. The number of likely N-dealkylation sites (N-methyl/N-ethyl adjacent to an activating group) is 1. The van der Waals surface area contributed by atoms with E-state index < -0.39 is 6.10 Å². The van der Waals surface area contributed by atoms with Crippen LogP contribution in [0.1, 0.15) is 23.1 Å². The molecule has 1 atom stereocenters. The van der Waals surface area contributed by atoms with Gasteiger partial charge in [-0.25, -0.2) is 0 Å². The highest BCUT2D eigenvalue weighted by Crippen LogP contribution is 2.29. The van der Waals surface area contributed by atoms with Gasteiger partial charge in [-0.15, -0.1) is 0 Å². The molecule has 1 N–H and O–H groups in total. The maximum Gasteiger partial charge on any atom is 0.125 e. The van der Waals surface area contributed by atoms with Crippen LogP contribution in [0.5, 0.6) is 0 Å². The normalized spacial score (nSPS) is 13.2. The number of furan rings is 1. The highest BCUT2D eigenvalue weighted by atomic mass is 35.5. The van der Waals surface area contributed by atoms with Gasteiger partial charge in [-0.1, -0.05) is 11.6 Å². The van der Waals surface area contributed by atoms with Crippen LogP contribution in [0.25, 0.3) is 0 Å². The van der Waals surface area contributed by atoms with Gasteiger partial charge in [0.15, 0.2) is 0 Å². The van der Waals surface area contributed by atoms with E-state index in [1.54, 1.807) is 23.2 Å². The third-order valence-electron chi connectivity index (χ3n) is 2.92. The van der Waals surface area contributed by atoms with Crippen molar-refractivity contribution < 1.29 is 9.52 Å². The Kier molecular flexibility index (Phi) is 4.29. The minimum Gasteiger partial charge on any atom is -0.469 e. The van der Waals surface area contributed by atoms with Gasteiger partial charge in [0.2, 0.25) is 0 Å². The molecule has 0 radical (unpaired) electrons. The molecule has 0 saturated heterocycles. The molecule has 0 bridgehead atoms. The van der Waals surface area contributed by atoms with Gasteiger partial charge in [0.25, 0.3) is 0 Å². The number of aliphatic hydroxyl groups excluding tert-OH is 1. The second kappa shape index (κ2) is 5.77. The van der Waals surface area contributed by atoms with Crippen molar-refractivity contribution in [3.8, 4) is 0 Å². The van der Waals surface area contributed by atoms with Crippen LogP contribution in [0, 0.1) is 6.92 Å². The number of halogens is 1. The molecule has 0 fully saturated rings. The Hall–Kier alpha value is -1.30. The Morgan fingerprint density at radius 1 is 1.53 bits per heavy atom. The van der Waals surface area contributed by atoms with E-state index >= 15 is 0 Å². The van der Waals surface area contributed by atoms with Gasteiger partial charge in [-0.3, -0.25) is 4.68 Å². The minimum atomic E-state index is -0.824. The van der Waals surface area contributed by atoms with E-state index in [0.29, 0.717) is 22.8 Å². The summed E-state index contributed by atoms with van der Waals surface area (Å²) < 4.78 is 6.95. The Labute approximate surface area is 117 Å². The summed E-state index contributed by atoms with van der Waals surface area (Å²) in [5.41, 5.74) is 1.29. The standard InChI is InChI=1S/C13H18ClN3O2/c1-9-6-10(8-19-9)13(18)12-11(14)7-15-17(12)5-4-16(2)3/h6-8,13,18H,4-5H2,1-3H3. The van der Waals surface area contributed by atoms with Crippen LogP contribution in [0.3, 0.4) is 0 Å². The summed E-state index contributed by atoms with van der Waals surface area (Å²) in [6, 6.07) is 1.80. The average Bonchev–Trinajstić information content (AvgIpc) is 2.92. The zero-order valence-corrected chi connectivity index (χ0v) is 12.1. The highest BCUT2D eigenvalue weighted by Gasteiger charge is 2.21. The monoisotopic (exact) mass is 283 g/mol. The first-order valence-electron chi connectivity index (χ1n) is 6.08. The molecule has 2 heterocycles. The SMILES string of the molecule is Cc1cc(C(O)c2c(Cl)cnn2CCN(C)C)co1. The molecule has 0 aliphatic heterocycles. The molecule has 19 heavy (non-hydrogen) atoms. The summed E-state index contributed by atoms with van der Waals surface area (Å²) in [4.78, 5) is 2.05. The number of aromatic nitrogens is 2. The second-order valence-corrected chi connectivity index (χ2v) is 5.20. The zero-order chi connectivity index (χ0) is 14.0. The van der Waals surface area contributed by atoms with Crippen molar-refractivity contribution in [1.82, 2.24) is 14.7 Å². The molecule has 0 saturated carbocycles. The summed E-state index contributed by atoms with van der Waals surface area (Å²) in [7, 11) is 3.97. The van der Waals surface area contributed by atoms with Gasteiger partial charge in [0.1, 0.15) is 11.9 Å². The molecule has 2 aromatic rings. The molecule has 0 spiro atoms. The van der Waals surface area contributed by atoms with Gasteiger partial charge >= 0.3 is 0 Å². The molecule has 0 aliphatic carbocycles. The Morgan fingerprint density at radius 3 is 2.84 bits per heavy atom. The van der Waals surface area contributed by atoms with Crippen molar-refractivity contribution in [2.75, 3.05) is 20.6 Å². The fraction of sp³-hybridized carbons (Fsp3) is 0.462. The van der Waals surface area contributed by atoms with Gasteiger partial charge < -0.3 is 14.4 Å². The van der Waals surface area contributed by atoms with Gasteiger partial charge in [0.05, 0.1) is 29.7 Å². The van der Waals surface area contributed by atoms with Crippen molar-refractivity contribution in [3.63, 3.8) is 0 Å². The zero-order valence-electron chi connectivity index (χ0n) is 11.3. The second-order valence-electron chi connectivity index (χ2n) is 4.80. The summed E-state index contributed by atoms with van der Waals surface area (Å²) in [5.74, 6) is 0.754. The van der Waals surface area contributed by atoms with E-state index in [4.69, 9.17) is 16.0 Å². The fourth-order valence-electron chi connectivity index (χ4n) is 1.88. The largest absolute Gasteiger partial charge is 0.469 e. The summed E-state index contributed by atoms with van der Waals surface area (Å²) >= 11 is 6.12. The molecule has 1 unspecified atom stereocenters.